The van der Waals surface area contributed by atoms with Gasteiger partial charge in [0.2, 0.25) is 0 Å². The summed E-state index contributed by atoms with van der Waals surface area (Å²) in [4.78, 5) is 0. The van der Waals surface area contributed by atoms with Crippen LogP contribution >= 0.6 is 12.1 Å². The number of nitrogens with zero attached hydrogens (tertiary/aromatic N) is 2. The smallest absolute Gasteiger partial charge is 0.0784 e. The zero-order valence-electron chi connectivity index (χ0n) is 11.8. The Hall–Kier alpha value is -1.61. The van der Waals surface area contributed by atoms with Crippen LogP contribution in [0.2, 0.25) is 0 Å². The van der Waals surface area contributed by atoms with Crippen LogP contribution < -0.4 is 8.61 Å². The Morgan fingerprint density at radius 3 is 2.30 bits per heavy atom. The van der Waals surface area contributed by atoms with E-state index in [1.165, 1.54) is 36.3 Å². The van der Waals surface area contributed by atoms with Crippen LogP contribution in [0.25, 0.3) is 0 Å². The first-order chi connectivity index (χ1) is 9.90. The molecule has 0 saturated carbocycles. The highest BCUT2D eigenvalue weighted by molar-refractivity contribution is 8.02. The summed E-state index contributed by atoms with van der Waals surface area (Å²) in [6.07, 6.45) is 3.81. The lowest BCUT2D eigenvalue weighted by Crippen LogP contribution is -2.14. The zero-order valence-corrected chi connectivity index (χ0v) is 12.6. The van der Waals surface area contributed by atoms with Gasteiger partial charge < -0.3 is 0 Å². The second-order valence-electron chi connectivity index (χ2n) is 5.01. The van der Waals surface area contributed by atoms with Crippen LogP contribution in [0, 0.1) is 0 Å². The highest BCUT2D eigenvalue weighted by Gasteiger charge is 2.27. The lowest BCUT2D eigenvalue weighted by molar-refractivity contribution is 0.730. The molecule has 0 fully saturated rings. The predicted molar refractivity (Wildman–Crippen MR) is 89.5 cm³/mol. The van der Waals surface area contributed by atoms with E-state index in [0.29, 0.717) is 0 Å². The van der Waals surface area contributed by atoms with Gasteiger partial charge in [-0.1, -0.05) is 50.1 Å². The molecule has 0 N–H and O–H groups in total. The summed E-state index contributed by atoms with van der Waals surface area (Å²) in [5, 5.41) is 0. The fraction of sp³-hybridized carbons (Fsp3) is 0.294. The van der Waals surface area contributed by atoms with Gasteiger partial charge in [0.05, 0.1) is 29.2 Å². The molecule has 1 aliphatic rings. The van der Waals surface area contributed by atoms with Gasteiger partial charge in [0, 0.05) is 6.54 Å². The third-order valence-electron chi connectivity index (χ3n) is 3.50. The molecule has 2 nitrogen and oxygen atoms in total. The normalized spacial score (nSPS) is 13.7. The van der Waals surface area contributed by atoms with Gasteiger partial charge in [-0.3, -0.25) is 8.61 Å². The van der Waals surface area contributed by atoms with Crippen LogP contribution in [0.3, 0.4) is 0 Å². The largest absolute Gasteiger partial charge is 0.296 e. The van der Waals surface area contributed by atoms with Crippen LogP contribution in [0.4, 0.5) is 17.1 Å². The summed E-state index contributed by atoms with van der Waals surface area (Å²) < 4.78 is 4.74. The molecule has 20 heavy (non-hydrogen) atoms. The summed E-state index contributed by atoms with van der Waals surface area (Å²) in [5.74, 6) is 0. The van der Waals surface area contributed by atoms with E-state index in [0.717, 1.165) is 6.54 Å². The number of benzene rings is 2. The van der Waals surface area contributed by atoms with Crippen molar-refractivity contribution in [2.45, 2.75) is 26.2 Å². The van der Waals surface area contributed by atoms with E-state index in [4.69, 9.17) is 0 Å². The van der Waals surface area contributed by atoms with E-state index in [1.807, 2.05) is 12.1 Å². The zero-order chi connectivity index (χ0) is 13.8. The van der Waals surface area contributed by atoms with E-state index in [1.54, 1.807) is 0 Å². The number of anilines is 3. The molecule has 0 aromatic heterocycles. The van der Waals surface area contributed by atoms with Crippen molar-refractivity contribution in [3.05, 3.63) is 54.6 Å². The Balaban J connectivity index is 1.85. The molecule has 1 heterocycles. The van der Waals surface area contributed by atoms with Crippen molar-refractivity contribution < 1.29 is 0 Å². The van der Waals surface area contributed by atoms with Crippen LogP contribution in [-0.2, 0) is 0 Å². The van der Waals surface area contributed by atoms with Crippen molar-refractivity contribution in [3.63, 3.8) is 0 Å². The van der Waals surface area contributed by atoms with E-state index in [2.05, 4.69) is 70.1 Å². The van der Waals surface area contributed by atoms with Crippen molar-refractivity contribution >= 4 is 29.2 Å². The average molecular weight is 284 g/mol. The molecule has 104 valence electrons. The molecular formula is C17H20N2S. The lowest BCUT2D eigenvalue weighted by atomic mass is 10.2. The van der Waals surface area contributed by atoms with E-state index in [-0.39, 0.29) is 0 Å². The quantitative estimate of drug-likeness (QED) is 0.536. The number of para-hydroxylation sites is 3. The molecule has 0 bridgehead atoms. The maximum absolute atomic E-state index is 2.41. The maximum Gasteiger partial charge on any atom is 0.0784 e. The summed E-state index contributed by atoms with van der Waals surface area (Å²) in [6.45, 7) is 3.36. The molecular weight excluding hydrogens is 264 g/mol. The van der Waals surface area contributed by atoms with Crippen LogP contribution in [0.5, 0.6) is 0 Å². The van der Waals surface area contributed by atoms with Crippen molar-refractivity contribution in [2.75, 3.05) is 15.2 Å². The standard InChI is InChI=1S/C17H20N2S/c1-2-3-9-14-18-16-12-7-8-13-17(16)19(20-18)15-10-5-4-6-11-15/h4-8,10-13H,2-3,9,14H2,1H3. The molecule has 0 atom stereocenters. The van der Waals surface area contributed by atoms with Gasteiger partial charge in [-0.25, -0.2) is 0 Å². The van der Waals surface area contributed by atoms with Crippen LogP contribution in [-0.4, -0.2) is 6.54 Å². The molecule has 0 radical (unpaired) electrons. The van der Waals surface area contributed by atoms with Gasteiger partial charge in [-0.15, -0.1) is 0 Å². The van der Waals surface area contributed by atoms with Gasteiger partial charge >= 0.3 is 0 Å². The molecule has 0 unspecified atom stereocenters. The topological polar surface area (TPSA) is 6.48 Å². The molecule has 2 aromatic rings. The predicted octanol–water partition coefficient (Wildman–Crippen LogP) is 5.40. The third kappa shape index (κ3) is 2.63. The van der Waals surface area contributed by atoms with Gasteiger partial charge in [0.25, 0.3) is 0 Å². The van der Waals surface area contributed by atoms with E-state index >= 15 is 0 Å². The Morgan fingerprint density at radius 1 is 0.850 bits per heavy atom. The molecule has 0 saturated heterocycles. The number of hydrogen-bond acceptors (Lipinski definition) is 3. The minimum Gasteiger partial charge on any atom is -0.296 e. The Kier molecular flexibility index (Phi) is 4.16. The monoisotopic (exact) mass is 284 g/mol. The maximum atomic E-state index is 2.41. The first-order valence-electron chi connectivity index (χ1n) is 7.30. The van der Waals surface area contributed by atoms with Crippen LogP contribution in [0.15, 0.2) is 54.6 Å². The first-order valence-corrected chi connectivity index (χ1v) is 8.03. The molecule has 1 aliphatic heterocycles. The van der Waals surface area contributed by atoms with Gasteiger partial charge in [0.15, 0.2) is 0 Å². The highest BCUT2D eigenvalue weighted by atomic mass is 32.2. The highest BCUT2D eigenvalue weighted by Crippen LogP contribution is 2.48. The van der Waals surface area contributed by atoms with E-state index < -0.39 is 0 Å². The molecule has 2 aromatic carbocycles. The summed E-state index contributed by atoms with van der Waals surface area (Å²) in [6, 6.07) is 19.3. The summed E-state index contributed by atoms with van der Waals surface area (Å²) in [5.41, 5.74) is 3.86. The van der Waals surface area contributed by atoms with Gasteiger partial charge in [0.1, 0.15) is 0 Å². The van der Waals surface area contributed by atoms with Crippen molar-refractivity contribution in [2.24, 2.45) is 0 Å². The first kappa shape index (κ1) is 13.4. The molecule has 3 heteroatoms. The third-order valence-corrected chi connectivity index (χ3v) is 4.65. The number of fused-ring (bicyclic) bond motifs is 1. The minimum atomic E-state index is 1.11. The molecule has 3 rings (SSSR count). The second kappa shape index (κ2) is 6.23. The minimum absolute atomic E-state index is 1.11. The van der Waals surface area contributed by atoms with E-state index in [9.17, 15) is 0 Å². The SMILES string of the molecule is CCCCCN1SN(c2ccccc2)c2ccccc21. The Labute approximate surface area is 125 Å². The Morgan fingerprint density at radius 2 is 1.55 bits per heavy atom. The fourth-order valence-corrected chi connectivity index (χ4v) is 3.56. The molecule has 0 amide bonds. The summed E-state index contributed by atoms with van der Waals surface area (Å²) >= 11 is 1.81. The summed E-state index contributed by atoms with van der Waals surface area (Å²) in [7, 11) is 0. The molecule has 0 aliphatic carbocycles. The van der Waals surface area contributed by atoms with Gasteiger partial charge in [-0.05, 0) is 30.7 Å². The Bertz CT molecular complexity index is 556. The van der Waals surface area contributed by atoms with Gasteiger partial charge in [-0.2, -0.15) is 0 Å². The van der Waals surface area contributed by atoms with Crippen molar-refractivity contribution in [1.82, 2.24) is 0 Å². The van der Waals surface area contributed by atoms with Crippen molar-refractivity contribution in [3.8, 4) is 0 Å². The molecule has 0 spiro atoms. The lowest BCUT2D eigenvalue weighted by Gasteiger charge is -2.19. The van der Waals surface area contributed by atoms with Crippen molar-refractivity contribution in [1.29, 1.82) is 0 Å². The fourth-order valence-electron chi connectivity index (χ4n) is 2.45. The van der Waals surface area contributed by atoms with Crippen LogP contribution in [0.1, 0.15) is 26.2 Å². The number of unbranched alkanes of at least 4 members (excludes halogenated alkanes) is 2. The number of hydrogen-bond donors (Lipinski definition) is 0. The average Bonchev–Trinajstić information content (AvgIpc) is 2.88. The second-order valence-corrected chi connectivity index (χ2v) is 5.98. The number of rotatable bonds is 5.